The Morgan fingerprint density at radius 2 is 1.64 bits per heavy atom. The molecule has 0 unspecified atom stereocenters. The molecule has 2 aromatic rings. The van der Waals surface area contributed by atoms with Crippen molar-refractivity contribution in [1.29, 1.82) is 5.26 Å². The van der Waals surface area contributed by atoms with Crippen molar-refractivity contribution in [1.82, 2.24) is 15.1 Å². The maximum absolute atomic E-state index is 14.3. The van der Waals surface area contributed by atoms with Gasteiger partial charge in [-0.2, -0.15) is 14.0 Å². The lowest BCUT2D eigenvalue weighted by Crippen LogP contribution is -2.48. The van der Waals surface area contributed by atoms with Crippen LogP contribution in [0, 0.1) is 22.7 Å². The van der Waals surface area contributed by atoms with Gasteiger partial charge in [-0.05, 0) is 86.6 Å². The highest BCUT2D eigenvalue weighted by Crippen LogP contribution is 2.43. The number of hydrogen-bond donors (Lipinski definition) is 0. The molecule has 4 heterocycles. The molecule has 226 valence electrons. The summed E-state index contributed by atoms with van der Waals surface area (Å²) in [6, 6.07) is 11.2. The highest BCUT2D eigenvalue weighted by Gasteiger charge is 2.41. The van der Waals surface area contributed by atoms with E-state index in [1.54, 1.807) is 12.1 Å². The van der Waals surface area contributed by atoms with E-state index >= 15 is 0 Å². The van der Waals surface area contributed by atoms with E-state index in [0.29, 0.717) is 10.6 Å². The monoisotopic (exact) mass is 597 g/mol. The largest absolute Gasteiger partial charge is 0.371 e. The van der Waals surface area contributed by atoms with Gasteiger partial charge >= 0.3 is 6.55 Å². The molecule has 3 aliphatic heterocycles. The Balaban J connectivity index is 1.02. The van der Waals surface area contributed by atoms with Crippen LogP contribution in [0.2, 0.25) is 5.02 Å². The second-order valence-corrected chi connectivity index (χ2v) is 13.3. The molecule has 4 fully saturated rings. The molecule has 7 nitrogen and oxygen atoms in total. The third-order valence-corrected chi connectivity index (χ3v) is 10.6. The first-order valence-corrected chi connectivity index (χ1v) is 16.1. The minimum Gasteiger partial charge on any atom is -0.371 e. The Kier molecular flexibility index (Phi) is 9.01. The predicted molar refractivity (Wildman–Crippen MR) is 163 cm³/mol. The molecule has 1 spiro atoms. The summed E-state index contributed by atoms with van der Waals surface area (Å²) in [7, 11) is 0. The van der Waals surface area contributed by atoms with E-state index in [0.717, 1.165) is 95.3 Å². The lowest BCUT2D eigenvalue weighted by molar-refractivity contribution is 0.103. The zero-order chi connectivity index (χ0) is 29.1. The molecule has 3 saturated heterocycles. The summed E-state index contributed by atoms with van der Waals surface area (Å²) >= 11 is 6.29. The highest BCUT2D eigenvalue weighted by atomic mass is 35.5. The number of nitriles is 1. The lowest BCUT2D eigenvalue weighted by atomic mass is 9.78. The molecule has 4 aliphatic rings. The lowest BCUT2D eigenvalue weighted by Gasteiger charge is -2.40. The number of nitrogens with zero attached hydrogens (tertiary/aromatic N) is 7. The summed E-state index contributed by atoms with van der Waals surface area (Å²) in [6.45, 7) is 3.96. The van der Waals surface area contributed by atoms with Crippen molar-refractivity contribution >= 4 is 28.9 Å². The molecule has 10 heteroatoms. The van der Waals surface area contributed by atoms with Gasteiger partial charge in [-0.3, -0.25) is 4.90 Å². The summed E-state index contributed by atoms with van der Waals surface area (Å²) < 4.78 is 28.6. The molecule has 6 rings (SSSR count). The molecular formula is C32H42ClF2N7. The van der Waals surface area contributed by atoms with E-state index in [4.69, 9.17) is 11.6 Å². The quantitative estimate of drug-likeness (QED) is 0.334. The summed E-state index contributed by atoms with van der Waals surface area (Å²) in [6.07, 6.45) is 11.3. The van der Waals surface area contributed by atoms with Crippen LogP contribution < -0.4 is 14.7 Å². The zero-order valence-electron chi connectivity index (χ0n) is 24.4. The van der Waals surface area contributed by atoms with Crippen molar-refractivity contribution < 1.29 is 8.78 Å². The first-order valence-electron chi connectivity index (χ1n) is 15.8. The summed E-state index contributed by atoms with van der Waals surface area (Å²) in [5.41, 5.74) is 1.81. The van der Waals surface area contributed by atoms with Gasteiger partial charge in [0.05, 0.1) is 10.6 Å². The number of alkyl halides is 2. The van der Waals surface area contributed by atoms with Crippen LogP contribution in [0.1, 0.15) is 69.8 Å². The molecule has 1 aromatic carbocycles. The normalized spacial score (nSPS) is 22.2. The Labute approximate surface area is 253 Å². The number of aromatic nitrogens is 2. The van der Waals surface area contributed by atoms with Crippen LogP contribution in [0.5, 0.6) is 0 Å². The fourth-order valence-electron chi connectivity index (χ4n) is 7.75. The number of benzene rings is 1. The number of halogens is 3. The van der Waals surface area contributed by atoms with E-state index in [-0.39, 0.29) is 17.3 Å². The molecule has 0 atom stereocenters. The Morgan fingerprint density at radius 1 is 0.929 bits per heavy atom. The summed E-state index contributed by atoms with van der Waals surface area (Å²) in [4.78, 5) is 8.29. The van der Waals surface area contributed by atoms with Crippen LogP contribution in [0.15, 0.2) is 30.3 Å². The van der Waals surface area contributed by atoms with Gasteiger partial charge in [-0.1, -0.05) is 30.9 Å². The molecular weight excluding hydrogens is 556 g/mol. The van der Waals surface area contributed by atoms with Crippen molar-refractivity contribution in [2.45, 2.75) is 76.8 Å². The number of piperidine rings is 2. The zero-order valence-corrected chi connectivity index (χ0v) is 25.2. The van der Waals surface area contributed by atoms with Crippen LogP contribution in [-0.2, 0) is 0 Å². The topological polar surface area (TPSA) is 62.5 Å². The second kappa shape index (κ2) is 12.9. The molecule has 0 N–H and O–H groups in total. The third-order valence-electron chi connectivity index (χ3n) is 10.3. The predicted octanol–water partition coefficient (Wildman–Crippen LogP) is 6.57. The Bertz CT molecular complexity index is 1230. The molecule has 0 radical (unpaired) electrons. The number of anilines is 3. The van der Waals surface area contributed by atoms with E-state index in [9.17, 15) is 14.0 Å². The Hall–Kier alpha value is -2.70. The third kappa shape index (κ3) is 6.45. The SMILES string of the molecule is N#Cc1ccc(N2CCC3(CCN(c4ccc(N(C(F)F)C5CCN(CC6CCCCC6)CC5)nn4)CC3)C2)cc1Cl. The van der Waals surface area contributed by atoms with Crippen LogP contribution in [-0.4, -0.2) is 73.5 Å². The molecule has 1 aromatic heterocycles. The van der Waals surface area contributed by atoms with Crippen molar-refractivity contribution in [3.05, 3.63) is 40.9 Å². The number of likely N-dealkylation sites (tertiary alicyclic amines) is 1. The van der Waals surface area contributed by atoms with E-state index in [1.165, 1.54) is 37.0 Å². The highest BCUT2D eigenvalue weighted by molar-refractivity contribution is 6.32. The summed E-state index contributed by atoms with van der Waals surface area (Å²) in [5, 5.41) is 18.4. The first-order chi connectivity index (χ1) is 20.4. The molecule has 42 heavy (non-hydrogen) atoms. The minimum atomic E-state index is -2.59. The van der Waals surface area contributed by atoms with Crippen LogP contribution in [0.4, 0.5) is 26.1 Å². The van der Waals surface area contributed by atoms with E-state index in [1.807, 2.05) is 18.2 Å². The van der Waals surface area contributed by atoms with Gasteiger partial charge in [0, 0.05) is 57.5 Å². The van der Waals surface area contributed by atoms with Crippen LogP contribution >= 0.6 is 11.6 Å². The van der Waals surface area contributed by atoms with E-state index in [2.05, 4.69) is 31.0 Å². The standard InChI is InChI=1S/C32H42ClF2N7/c33-28-20-27(7-6-25(28)21-36)41-19-14-32(23-41)12-17-40(18-13-32)29-8-9-30(38-37-29)42(31(34)35)26-10-15-39(16-11-26)22-24-4-2-1-3-5-24/h6-9,20,24,26,31H,1-5,10-19,22-23H2. The molecule has 1 saturated carbocycles. The van der Waals surface area contributed by atoms with Gasteiger partial charge in [0.1, 0.15) is 6.07 Å². The minimum absolute atomic E-state index is 0.209. The van der Waals surface area contributed by atoms with Gasteiger partial charge in [0.15, 0.2) is 11.6 Å². The maximum atomic E-state index is 14.3. The second-order valence-electron chi connectivity index (χ2n) is 12.9. The van der Waals surface area contributed by atoms with Gasteiger partial charge in [0.25, 0.3) is 0 Å². The maximum Gasteiger partial charge on any atom is 0.316 e. The molecule has 0 bridgehead atoms. The molecule has 1 aliphatic carbocycles. The number of hydrogen-bond acceptors (Lipinski definition) is 7. The van der Waals surface area contributed by atoms with Crippen LogP contribution in [0.3, 0.4) is 0 Å². The van der Waals surface area contributed by atoms with Crippen molar-refractivity contribution in [2.75, 3.05) is 60.5 Å². The van der Waals surface area contributed by atoms with Gasteiger partial charge in [0.2, 0.25) is 0 Å². The average molecular weight is 598 g/mol. The molecule has 0 amide bonds. The Morgan fingerprint density at radius 3 is 2.26 bits per heavy atom. The number of rotatable bonds is 7. The first kappa shape index (κ1) is 29.4. The fourth-order valence-corrected chi connectivity index (χ4v) is 7.97. The van der Waals surface area contributed by atoms with Gasteiger partial charge < -0.3 is 14.7 Å². The van der Waals surface area contributed by atoms with Crippen LogP contribution in [0.25, 0.3) is 0 Å². The summed E-state index contributed by atoms with van der Waals surface area (Å²) in [5.74, 6) is 1.82. The van der Waals surface area contributed by atoms with E-state index < -0.39 is 6.55 Å². The van der Waals surface area contributed by atoms with Crippen molar-refractivity contribution in [3.8, 4) is 6.07 Å². The van der Waals surface area contributed by atoms with Crippen molar-refractivity contribution in [2.24, 2.45) is 11.3 Å². The smallest absolute Gasteiger partial charge is 0.316 e. The van der Waals surface area contributed by atoms with Crippen molar-refractivity contribution in [3.63, 3.8) is 0 Å². The van der Waals surface area contributed by atoms with Gasteiger partial charge in [-0.25, -0.2) is 0 Å². The van der Waals surface area contributed by atoms with Gasteiger partial charge in [-0.15, -0.1) is 10.2 Å². The average Bonchev–Trinajstić information content (AvgIpc) is 3.42. The fraction of sp³-hybridized carbons (Fsp3) is 0.656.